The Labute approximate surface area is 101 Å². The number of thiol groups is 1. The molecule has 0 amide bonds. The summed E-state index contributed by atoms with van der Waals surface area (Å²) in [7, 11) is -1.33. The third-order valence-electron chi connectivity index (χ3n) is 2.41. The zero-order valence-electron chi connectivity index (χ0n) is 9.28. The van der Waals surface area contributed by atoms with Crippen LogP contribution >= 0.6 is 11.6 Å². The summed E-state index contributed by atoms with van der Waals surface area (Å²) >= 11 is 5.99. The predicted octanol–water partition coefficient (Wildman–Crippen LogP) is 1.61. The third kappa shape index (κ3) is 2.25. The van der Waals surface area contributed by atoms with Crippen molar-refractivity contribution >= 4 is 28.0 Å². The van der Waals surface area contributed by atoms with Crippen LogP contribution < -0.4 is 10.5 Å². The van der Waals surface area contributed by atoms with Crippen LogP contribution in [0.2, 0.25) is 0 Å². The molecular weight excluding hydrogens is 250 g/mol. The van der Waals surface area contributed by atoms with Crippen molar-refractivity contribution in [2.75, 3.05) is 12.8 Å². The topological polar surface area (TPSA) is 69.4 Å². The molecule has 0 spiro atoms. The molecule has 0 saturated carbocycles. The molecule has 0 radical (unpaired) electrons. The van der Waals surface area contributed by atoms with Gasteiger partial charge in [-0.2, -0.15) is 0 Å². The van der Waals surface area contributed by atoms with Crippen molar-refractivity contribution in [3.05, 3.63) is 23.3 Å². The highest BCUT2D eigenvalue weighted by Crippen LogP contribution is 2.36. The van der Waals surface area contributed by atoms with E-state index >= 15 is 0 Å². The van der Waals surface area contributed by atoms with Crippen LogP contribution in [0.1, 0.15) is 18.1 Å². The molecule has 90 valence electrons. The first-order chi connectivity index (χ1) is 7.30. The van der Waals surface area contributed by atoms with Gasteiger partial charge in [-0.05, 0) is 37.1 Å². The summed E-state index contributed by atoms with van der Waals surface area (Å²) in [5.74, 6) is 0.421. The van der Waals surface area contributed by atoms with Crippen LogP contribution in [0.4, 0.5) is 5.69 Å². The number of anilines is 1. The van der Waals surface area contributed by atoms with E-state index in [-0.39, 0.29) is 0 Å². The molecule has 0 saturated heterocycles. The van der Waals surface area contributed by atoms with Gasteiger partial charge in [-0.1, -0.05) is 11.6 Å². The molecule has 2 N–H and O–H groups in total. The molecule has 0 aliphatic rings. The van der Waals surface area contributed by atoms with Crippen LogP contribution in [0.25, 0.3) is 0 Å². The Balaban J connectivity index is 3.45. The fourth-order valence-corrected chi connectivity index (χ4v) is 2.12. The maximum Gasteiger partial charge on any atom is 0.165 e. The minimum absolute atomic E-state index is 0.421. The van der Waals surface area contributed by atoms with Gasteiger partial charge in [0.05, 0.1) is 12.8 Å². The summed E-state index contributed by atoms with van der Waals surface area (Å²) in [5.41, 5.74) is 7.36. The molecular formula is C10H14ClNO3S. The van der Waals surface area contributed by atoms with Gasteiger partial charge in [-0.3, -0.25) is 0 Å². The fourth-order valence-electron chi connectivity index (χ4n) is 1.48. The third-order valence-corrected chi connectivity index (χ3v) is 3.96. The zero-order valence-corrected chi connectivity index (χ0v) is 10.9. The van der Waals surface area contributed by atoms with E-state index in [9.17, 15) is 8.42 Å². The molecule has 0 aliphatic carbocycles. The molecule has 0 heterocycles. The zero-order chi connectivity index (χ0) is 12.5. The van der Waals surface area contributed by atoms with Gasteiger partial charge in [0, 0.05) is 0 Å². The Morgan fingerprint density at radius 1 is 1.44 bits per heavy atom. The summed E-state index contributed by atoms with van der Waals surface area (Å²) < 4.78 is 25.8. The summed E-state index contributed by atoms with van der Waals surface area (Å²) in [5, 5.41) is 0. The van der Waals surface area contributed by atoms with E-state index < -0.39 is 14.9 Å². The lowest BCUT2D eigenvalue weighted by Gasteiger charge is -2.19. The molecule has 0 bridgehead atoms. The van der Waals surface area contributed by atoms with Crippen LogP contribution in [0.5, 0.6) is 5.75 Å². The van der Waals surface area contributed by atoms with E-state index in [1.165, 1.54) is 14.0 Å². The van der Waals surface area contributed by atoms with Crippen molar-refractivity contribution in [3.8, 4) is 5.75 Å². The largest absolute Gasteiger partial charge is 0.495 e. The van der Waals surface area contributed by atoms with E-state index in [0.717, 1.165) is 5.56 Å². The predicted molar refractivity (Wildman–Crippen MR) is 65.7 cm³/mol. The number of alkyl halides is 1. The molecule has 1 unspecified atom stereocenters. The number of nitrogen functional groups attached to an aromatic ring is 1. The average Bonchev–Trinajstić information content (AvgIpc) is 2.17. The van der Waals surface area contributed by atoms with Gasteiger partial charge in [-0.25, -0.2) is 8.42 Å². The summed E-state index contributed by atoms with van der Waals surface area (Å²) in [6, 6.07) is 3.20. The second-order valence-corrected chi connectivity index (χ2v) is 6.05. The maximum atomic E-state index is 11.1. The SMILES string of the molecule is COc1cc(C(C)(Cl)[SH](=O)=O)c(C)cc1N. The molecule has 1 aromatic carbocycles. The van der Waals surface area contributed by atoms with Crippen molar-refractivity contribution < 1.29 is 13.2 Å². The first-order valence-electron chi connectivity index (χ1n) is 4.58. The maximum absolute atomic E-state index is 11.1. The number of benzene rings is 1. The second kappa shape index (κ2) is 4.51. The molecule has 0 fully saturated rings. The number of rotatable bonds is 3. The first kappa shape index (κ1) is 13.1. The van der Waals surface area contributed by atoms with Gasteiger partial charge < -0.3 is 10.5 Å². The van der Waals surface area contributed by atoms with Crippen LogP contribution in [-0.4, -0.2) is 15.5 Å². The Hall–Kier alpha value is -0.940. The lowest BCUT2D eigenvalue weighted by atomic mass is 10.0. The fraction of sp³-hybridized carbons (Fsp3) is 0.400. The molecule has 1 rings (SSSR count). The average molecular weight is 264 g/mol. The van der Waals surface area contributed by atoms with Gasteiger partial charge in [-0.15, -0.1) is 0 Å². The number of aryl methyl sites for hydroxylation is 1. The van der Waals surface area contributed by atoms with Crippen molar-refractivity contribution in [2.45, 2.75) is 18.1 Å². The van der Waals surface area contributed by atoms with Crippen LogP contribution in [0, 0.1) is 6.92 Å². The summed E-state index contributed by atoms with van der Waals surface area (Å²) in [4.78, 5) is 0. The van der Waals surface area contributed by atoms with Crippen LogP contribution in [0.15, 0.2) is 12.1 Å². The Morgan fingerprint density at radius 3 is 2.44 bits per heavy atom. The van der Waals surface area contributed by atoms with E-state index in [2.05, 4.69) is 0 Å². The molecule has 0 aliphatic heterocycles. The van der Waals surface area contributed by atoms with Gasteiger partial charge in [0.15, 0.2) is 14.9 Å². The number of halogens is 1. The lowest BCUT2D eigenvalue weighted by Crippen LogP contribution is -2.17. The summed E-state index contributed by atoms with van der Waals surface area (Å²) in [6.07, 6.45) is 0. The second-order valence-electron chi connectivity index (χ2n) is 3.62. The minimum atomic E-state index is -2.79. The molecule has 16 heavy (non-hydrogen) atoms. The highest BCUT2D eigenvalue weighted by Gasteiger charge is 2.30. The smallest absolute Gasteiger partial charge is 0.165 e. The number of hydrogen-bond acceptors (Lipinski definition) is 4. The van der Waals surface area contributed by atoms with Crippen LogP contribution in [0.3, 0.4) is 0 Å². The quantitative estimate of drug-likeness (QED) is 0.494. The van der Waals surface area contributed by atoms with Crippen molar-refractivity contribution in [3.63, 3.8) is 0 Å². The van der Waals surface area contributed by atoms with Crippen molar-refractivity contribution in [1.82, 2.24) is 0 Å². The van der Waals surface area contributed by atoms with E-state index in [0.29, 0.717) is 17.0 Å². The number of hydrogen-bond donors (Lipinski definition) is 2. The monoisotopic (exact) mass is 263 g/mol. The van der Waals surface area contributed by atoms with E-state index in [1.54, 1.807) is 19.1 Å². The minimum Gasteiger partial charge on any atom is -0.495 e. The Morgan fingerprint density at radius 2 is 2.00 bits per heavy atom. The number of methoxy groups -OCH3 is 1. The van der Waals surface area contributed by atoms with Gasteiger partial charge in [0.2, 0.25) is 0 Å². The lowest BCUT2D eigenvalue weighted by molar-refractivity contribution is 0.416. The van der Waals surface area contributed by atoms with E-state index in [4.69, 9.17) is 22.1 Å². The number of nitrogens with two attached hydrogens (primary N) is 1. The van der Waals surface area contributed by atoms with Gasteiger partial charge in [0.25, 0.3) is 0 Å². The summed E-state index contributed by atoms with van der Waals surface area (Å²) in [6.45, 7) is 3.18. The van der Waals surface area contributed by atoms with Gasteiger partial charge >= 0.3 is 0 Å². The number of ether oxygens (including phenoxy) is 1. The Bertz CT molecular complexity index is 475. The van der Waals surface area contributed by atoms with Gasteiger partial charge in [0.1, 0.15) is 5.75 Å². The van der Waals surface area contributed by atoms with Crippen molar-refractivity contribution in [1.29, 1.82) is 0 Å². The first-order valence-corrected chi connectivity index (χ1v) is 6.14. The molecule has 1 atom stereocenters. The Kier molecular flexibility index (Phi) is 3.70. The molecule has 1 aromatic rings. The highest BCUT2D eigenvalue weighted by atomic mass is 35.5. The molecule has 0 aromatic heterocycles. The van der Waals surface area contributed by atoms with E-state index in [1.807, 2.05) is 0 Å². The molecule has 4 nitrogen and oxygen atoms in total. The normalized spacial score (nSPS) is 14.8. The standard InChI is InChI=1S/C10H14ClNO3S/c1-6-4-8(12)9(15-3)5-7(6)10(2,11)16(13)14/h4-5,16H,12H2,1-3H3. The molecule has 6 heteroatoms. The van der Waals surface area contributed by atoms with Crippen molar-refractivity contribution in [2.24, 2.45) is 0 Å². The highest BCUT2D eigenvalue weighted by molar-refractivity contribution is 7.75. The van der Waals surface area contributed by atoms with Crippen LogP contribution in [-0.2, 0) is 14.9 Å².